The van der Waals surface area contributed by atoms with Gasteiger partial charge >= 0.3 is 0 Å². The Morgan fingerprint density at radius 1 is 1.13 bits per heavy atom. The van der Waals surface area contributed by atoms with Gasteiger partial charge in [0.15, 0.2) is 0 Å². The lowest BCUT2D eigenvalue weighted by molar-refractivity contribution is 0.609. The van der Waals surface area contributed by atoms with Crippen molar-refractivity contribution in [2.45, 2.75) is 4.90 Å². The lowest BCUT2D eigenvalue weighted by atomic mass is 10.1. The van der Waals surface area contributed by atoms with E-state index in [1.54, 1.807) is 18.3 Å². The number of hydrogen-bond donors (Lipinski definition) is 0. The average molecular weight is 260 g/mol. The first-order chi connectivity index (χ1) is 7.07. The van der Waals surface area contributed by atoms with Gasteiger partial charge in [-0.2, -0.15) is 0 Å². The lowest BCUT2D eigenvalue weighted by Gasteiger charge is -1.98. The molecule has 6 heteroatoms. The van der Waals surface area contributed by atoms with Crippen LogP contribution in [-0.2, 0) is 9.05 Å². The molecule has 0 fully saturated rings. The van der Waals surface area contributed by atoms with Crippen LogP contribution < -0.4 is 0 Å². The van der Waals surface area contributed by atoms with Crippen LogP contribution in [0.15, 0.2) is 40.7 Å². The Morgan fingerprint density at radius 2 is 1.80 bits per heavy atom. The van der Waals surface area contributed by atoms with Crippen molar-refractivity contribution in [3.8, 4) is 11.1 Å². The van der Waals surface area contributed by atoms with E-state index in [-0.39, 0.29) is 4.90 Å². The van der Waals surface area contributed by atoms with Crippen molar-refractivity contribution in [1.29, 1.82) is 0 Å². The Balaban J connectivity index is 2.42. The van der Waals surface area contributed by atoms with Crippen molar-refractivity contribution >= 4 is 31.3 Å². The molecule has 0 atom stereocenters. The van der Waals surface area contributed by atoms with Gasteiger partial charge in [0.1, 0.15) is 0 Å². The minimum Gasteiger partial charge on any atom is -0.207 e. The molecule has 0 saturated carbocycles. The van der Waals surface area contributed by atoms with Crippen molar-refractivity contribution in [3.63, 3.8) is 0 Å². The fourth-order valence-corrected chi connectivity index (χ4v) is 2.47. The van der Waals surface area contributed by atoms with Gasteiger partial charge in [0.05, 0.1) is 4.90 Å². The van der Waals surface area contributed by atoms with Crippen LogP contribution in [0.5, 0.6) is 0 Å². The van der Waals surface area contributed by atoms with Gasteiger partial charge in [-0.05, 0) is 29.2 Å². The summed E-state index contributed by atoms with van der Waals surface area (Å²) in [6.45, 7) is 0. The maximum absolute atomic E-state index is 11.0. The van der Waals surface area contributed by atoms with Crippen molar-refractivity contribution in [1.82, 2.24) is 4.37 Å². The molecule has 2 rings (SSSR count). The van der Waals surface area contributed by atoms with E-state index in [0.29, 0.717) is 0 Å². The Morgan fingerprint density at radius 3 is 2.27 bits per heavy atom. The second-order valence-electron chi connectivity index (χ2n) is 2.88. The average Bonchev–Trinajstić information content (AvgIpc) is 2.69. The molecule has 1 aromatic carbocycles. The Kier molecular flexibility index (Phi) is 2.77. The molecule has 1 aromatic heterocycles. The molecule has 78 valence electrons. The molecule has 0 aliphatic rings. The fourth-order valence-electron chi connectivity index (χ4n) is 1.16. The third kappa shape index (κ3) is 2.37. The van der Waals surface area contributed by atoms with Gasteiger partial charge in [-0.25, -0.2) is 12.8 Å². The highest BCUT2D eigenvalue weighted by Crippen LogP contribution is 2.23. The van der Waals surface area contributed by atoms with E-state index >= 15 is 0 Å². The predicted octanol–water partition coefficient (Wildman–Crippen LogP) is 2.74. The molecule has 0 aliphatic heterocycles. The van der Waals surface area contributed by atoms with Gasteiger partial charge in [-0.15, -0.1) is 0 Å². The monoisotopic (exact) mass is 259 g/mol. The first kappa shape index (κ1) is 10.6. The number of rotatable bonds is 2. The predicted molar refractivity (Wildman–Crippen MR) is 60.6 cm³/mol. The second kappa shape index (κ2) is 3.92. The van der Waals surface area contributed by atoms with Gasteiger partial charge in [0.2, 0.25) is 0 Å². The molecule has 0 spiro atoms. The Labute approximate surface area is 95.9 Å². The van der Waals surface area contributed by atoms with E-state index in [0.717, 1.165) is 11.1 Å². The van der Waals surface area contributed by atoms with Gasteiger partial charge in [-0.1, -0.05) is 12.1 Å². The smallest absolute Gasteiger partial charge is 0.207 e. The third-order valence-electron chi connectivity index (χ3n) is 1.90. The molecule has 1 heterocycles. The van der Waals surface area contributed by atoms with E-state index in [9.17, 15) is 8.42 Å². The number of hydrogen-bond acceptors (Lipinski definition) is 4. The summed E-state index contributed by atoms with van der Waals surface area (Å²) in [5.74, 6) is 0. The number of nitrogens with zero attached hydrogens (tertiary/aromatic N) is 1. The first-order valence-electron chi connectivity index (χ1n) is 4.02. The first-order valence-corrected chi connectivity index (χ1v) is 7.16. The summed E-state index contributed by atoms with van der Waals surface area (Å²) in [6, 6.07) is 6.38. The SMILES string of the molecule is O=S(=O)(Cl)c1ccc(-c2cnsc2)cc1. The lowest BCUT2D eigenvalue weighted by Crippen LogP contribution is -1.89. The molecule has 0 aliphatic carbocycles. The number of benzene rings is 1. The molecule has 0 radical (unpaired) electrons. The second-order valence-corrected chi connectivity index (χ2v) is 6.10. The molecule has 0 amide bonds. The molecule has 0 N–H and O–H groups in total. The summed E-state index contributed by atoms with van der Waals surface area (Å²) in [5, 5.41) is 1.89. The normalized spacial score (nSPS) is 11.5. The molecule has 0 saturated heterocycles. The summed E-state index contributed by atoms with van der Waals surface area (Å²) in [5.41, 5.74) is 1.89. The quantitative estimate of drug-likeness (QED) is 0.779. The number of aromatic nitrogens is 1. The highest BCUT2D eigenvalue weighted by atomic mass is 35.7. The highest BCUT2D eigenvalue weighted by Gasteiger charge is 2.09. The third-order valence-corrected chi connectivity index (χ3v) is 3.86. The molecule has 15 heavy (non-hydrogen) atoms. The van der Waals surface area contributed by atoms with Gasteiger partial charge in [-0.3, -0.25) is 0 Å². The van der Waals surface area contributed by atoms with Crippen LogP contribution in [0.25, 0.3) is 11.1 Å². The molecule has 2 aromatic rings. The van der Waals surface area contributed by atoms with Crippen LogP contribution in [0.2, 0.25) is 0 Å². The zero-order chi connectivity index (χ0) is 10.9. The highest BCUT2D eigenvalue weighted by molar-refractivity contribution is 8.13. The van der Waals surface area contributed by atoms with E-state index in [1.807, 2.05) is 5.38 Å². The molecule has 3 nitrogen and oxygen atoms in total. The van der Waals surface area contributed by atoms with Crippen LogP contribution in [0.1, 0.15) is 0 Å². The van der Waals surface area contributed by atoms with Crippen LogP contribution >= 0.6 is 22.2 Å². The summed E-state index contributed by atoms with van der Waals surface area (Å²) < 4.78 is 25.9. The van der Waals surface area contributed by atoms with E-state index in [1.165, 1.54) is 23.7 Å². The van der Waals surface area contributed by atoms with Gasteiger partial charge in [0.25, 0.3) is 9.05 Å². The largest absolute Gasteiger partial charge is 0.261 e. The van der Waals surface area contributed by atoms with Crippen molar-refractivity contribution < 1.29 is 8.42 Å². The summed E-state index contributed by atoms with van der Waals surface area (Å²) in [4.78, 5) is 0.108. The van der Waals surface area contributed by atoms with Crippen molar-refractivity contribution in [2.75, 3.05) is 0 Å². The minimum atomic E-state index is -3.63. The summed E-state index contributed by atoms with van der Waals surface area (Å²) in [6.07, 6.45) is 1.73. The Bertz CT molecular complexity index is 546. The summed E-state index contributed by atoms with van der Waals surface area (Å²) >= 11 is 1.35. The van der Waals surface area contributed by atoms with Crippen molar-refractivity contribution in [3.05, 3.63) is 35.8 Å². The van der Waals surface area contributed by atoms with Crippen LogP contribution in [0.4, 0.5) is 0 Å². The molecule has 0 unspecified atom stereocenters. The zero-order valence-corrected chi connectivity index (χ0v) is 9.81. The van der Waals surface area contributed by atoms with Crippen LogP contribution in [0.3, 0.4) is 0 Å². The fraction of sp³-hybridized carbons (Fsp3) is 0. The van der Waals surface area contributed by atoms with E-state index in [2.05, 4.69) is 4.37 Å². The molecular formula is C9H6ClNO2S2. The maximum atomic E-state index is 11.0. The van der Waals surface area contributed by atoms with Crippen LogP contribution in [0, 0.1) is 0 Å². The van der Waals surface area contributed by atoms with Crippen molar-refractivity contribution in [2.24, 2.45) is 0 Å². The standard InChI is InChI=1S/C9H6ClNO2S2/c10-15(12,13)9-3-1-7(2-4-9)8-5-11-14-6-8/h1-6H. The number of halogens is 1. The van der Waals surface area contributed by atoms with Gasteiger partial charge in [0, 0.05) is 27.8 Å². The molecular weight excluding hydrogens is 254 g/mol. The van der Waals surface area contributed by atoms with Gasteiger partial charge < -0.3 is 0 Å². The molecule has 0 bridgehead atoms. The zero-order valence-electron chi connectivity index (χ0n) is 7.42. The van der Waals surface area contributed by atoms with E-state index in [4.69, 9.17) is 10.7 Å². The minimum absolute atomic E-state index is 0.108. The van der Waals surface area contributed by atoms with E-state index < -0.39 is 9.05 Å². The topological polar surface area (TPSA) is 47.0 Å². The Hall–Kier alpha value is -0.910. The van der Waals surface area contributed by atoms with Crippen LogP contribution in [-0.4, -0.2) is 12.8 Å². The summed E-state index contributed by atoms with van der Waals surface area (Å²) in [7, 11) is 1.57. The maximum Gasteiger partial charge on any atom is 0.261 e.